The molecule has 106 valence electrons. The highest BCUT2D eigenvalue weighted by atomic mass is 35.5. The van der Waals surface area contributed by atoms with Gasteiger partial charge in [-0.25, -0.2) is 0 Å². The van der Waals surface area contributed by atoms with Crippen LogP contribution in [0.4, 0.5) is 0 Å². The zero-order valence-corrected chi connectivity index (χ0v) is 12.4. The van der Waals surface area contributed by atoms with Gasteiger partial charge in [-0.1, -0.05) is 23.2 Å². The van der Waals surface area contributed by atoms with E-state index in [2.05, 4.69) is 10.6 Å². The van der Waals surface area contributed by atoms with E-state index in [-0.39, 0.29) is 24.2 Å². The molecule has 2 unspecified atom stereocenters. The predicted molar refractivity (Wildman–Crippen MR) is 78.4 cm³/mol. The van der Waals surface area contributed by atoms with Crippen molar-refractivity contribution in [2.75, 3.05) is 19.6 Å². The summed E-state index contributed by atoms with van der Waals surface area (Å²) in [7, 11) is 0. The number of β-amino-alcohol motifs (C(OH)–C–C–N with tert-alkyl or cyclic N) is 1. The molecule has 4 nitrogen and oxygen atoms in total. The van der Waals surface area contributed by atoms with Crippen LogP contribution >= 0.6 is 35.6 Å². The van der Waals surface area contributed by atoms with Crippen molar-refractivity contribution in [3.63, 3.8) is 0 Å². The Morgan fingerprint density at radius 2 is 2.16 bits per heavy atom. The first-order chi connectivity index (χ1) is 8.58. The van der Waals surface area contributed by atoms with Crippen molar-refractivity contribution in [3.8, 4) is 0 Å². The maximum atomic E-state index is 11.9. The van der Waals surface area contributed by atoms with E-state index in [9.17, 15) is 9.90 Å². The van der Waals surface area contributed by atoms with Crippen LogP contribution in [0.5, 0.6) is 0 Å². The fourth-order valence-electron chi connectivity index (χ4n) is 1.92. The number of carbonyl (C=O) groups is 1. The van der Waals surface area contributed by atoms with Crippen LogP contribution in [0.2, 0.25) is 10.0 Å². The summed E-state index contributed by atoms with van der Waals surface area (Å²) in [4.78, 5) is 11.9. The van der Waals surface area contributed by atoms with Crippen LogP contribution in [-0.2, 0) is 0 Å². The fourth-order valence-corrected chi connectivity index (χ4v) is 2.29. The summed E-state index contributed by atoms with van der Waals surface area (Å²) in [5, 5.41) is 16.3. The maximum absolute atomic E-state index is 11.9. The Morgan fingerprint density at radius 1 is 1.42 bits per heavy atom. The Balaban J connectivity index is 0.00000180. The second-order valence-corrected chi connectivity index (χ2v) is 5.16. The van der Waals surface area contributed by atoms with E-state index in [4.69, 9.17) is 23.2 Å². The van der Waals surface area contributed by atoms with Crippen LogP contribution in [0.15, 0.2) is 18.2 Å². The van der Waals surface area contributed by atoms with Gasteiger partial charge < -0.3 is 15.7 Å². The van der Waals surface area contributed by atoms with E-state index in [1.807, 2.05) is 0 Å². The molecule has 1 heterocycles. The van der Waals surface area contributed by atoms with Crippen LogP contribution in [0.1, 0.15) is 10.4 Å². The summed E-state index contributed by atoms with van der Waals surface area (Å²) < 4.78 is 0. The lowest BCUT2D eigenvalue weighted by Crippen LogP contribution is -2.34. The third kappa shape index (κ3) is 4.23. The zero-order chi connectivity index (χ0) is 13.1. The average Bonchev–Trinajstić information content (AvgIpc) is 2.75. The normalized spacial score (nSPS) is 21.8. The van der Waals surface area contributed by atoms with Gasteiger partial charge >= 0.3 is 0 Å². The molecule has 0 spiro atoms. The van der Waals surface area contributed by atoms with Crippen molar-refractivity contribution in [1.29, 1.82) is 0 Å². The van der Waals surface area contributed by atoms with Crippen molar-refractivity contribution < 1.29 is 9.90 Å². The van der Waals surface area contributed by atoms with Crippen LogP contribution in [-0.4, -0.2) is 36.8 Å². The smallest absolute Gasteiger partial charge is 0.252 e. The van der Waals surface area contributed by atoms with Crippen LogP contribution in [0.25, 0.3) is 0 Å². The molecule has 3 N–H and O–H groups in total. The van der Waals surface area contributed by atoms with Gasteiger partial charge in [-0.2, -0.15) is 0 Å². The molecule has 1 aliphatic heterocycles. The minimum atomic E-state index is -0.417. The van der Waals surface area contributed by atoms with E-state index >= 15 is 0 Å². The largest absolute Gasteiger partial charge is 0.391 e. The minimum Gasteiger partial charge on any atom is -0.391 e. The number of nitrogens with one attached hydrogen (secondary N) is 2. The summed E-state index contributed by atoms with van der Waals surface area (Å²) in [5.41, 5.74) is 0.351. The van der Waals surface area contributed by atoms with E-state index in [1.165, 1.54) is 6.07 Å². The summed E-state index contributed by atoms with van der Waals surface area (Å²) in [6.07, 6.45) is -0.417. The van der Waals surface area contributed by atoms with Gasteiger partial charge in [0.05, 0.1) is 16.7 Å². The van der Waals surface area contributed by atoms with Crippen LogP contribution < -0.4 is 10.6 Å². The zero-order valence-electron chi connectivity index (χ0n) is 10.0. The van der Waals surface area contributed by atoms with Gasteiger partial charge in [0.25, 0.3) is 5.91 Å². The van der Waals surface area contributed by atoms with Gasteiger partial charge in [-0.3, -0.25) is 4.79 Å². The van der Waals surface area contributed by atoms with Crippen molar-refractivity contribution in [2.45, 2.75) is 6.10 Å². The van der Waals surface area contributed by atoms with Crippen molar-refractivity contribution in [1.82, 2.24) is 10.6 Å². The number of hydrogen-bond donors (Lipinski definition) is 3. The SMILES string of the molecule is Cl.O=C(NCC1CNCC1O)c1cc(Cl)ccc1Cl. The lowest BCUT2D eigenvalue weighted by Gasteiger charge is -2.14. The van der Waals surface area contributed by atoms with Crippen LogP contribution in [0, 0.1) is 5.92 Å². The van der Waals surface area contributed by atoms with Crippen molar-refractivity contribution in [2.24, 2.45) is 5.92 Å². The number of benzene rings is 1. The van der Waals surface area contributed by atoms with Crippen molar-refractivity contribution >= 4 is 41.5 Å². The molecule has 7 heteroatoms. The number of halogens is 3. The maximum Gasteiger partial charge on any atom is 0.252 e. The Labute approximate surface area is 127 Å². The molecular weight excluding hydrogens is 311 g/mol. The Kier molecular flexibility index (Phi) is 6.36. The van der Waals surface area contributed by atoms with E-state index < -0.39 is 6.10 Å². The summed E-state index contributed by atoms with van der Waals surface area (Å²) in [6.45, 7) is 1.68. The quantitative estimate of drug-likeness (QED) is 0.793. The number of amides is 1. The fraction of sp³-hybridized carbons (Fsp3) is 0.417. The van der Waals surface area contributed by atoms with Gasteiger partial charge in [-0.15, -0.1) is 12.4 Å². The van der Waals surface area contributed by atoms with Gasteiger partial charge in [0.2, 0.25) is 0 Å². The molecule has 0 aliphatic carbocycles. The first-order valence-electron chi connectivity index (χ1n) is 5.70. The third-order valence-corrected chi connectivity index (χ3v) is 3.57. The Hall–Kier alpha value is -0.520. The first kappa shape index (κ1) is 16.5. The monoisotopic (exact) mass is 324 g/mol. The standard InChI is InChI=1S/C12H14Cl2N2O2.ClH/c13-8-1-2-10(14)9(3-8)12(18)16-5-7-4-15-6-11(7)17;/h1-3,7,11,15,17H,4-6H2,(H,16,18);1H. The molecule has 0 saturated carbocycles. The molecule has 0 bridgehead atoms. The lowest BCUT2D eigenvalue weighted by atomic mass is 10.1. The highest BCUT2D eigenvalue weighted by Gasteiger charge is 2.25. The second-order valence-electron chi connectivity index (χ2n) is 4.32. The highest BCUT2D eigenvalue weighted by Crippen LogP contribution is 2.20. The summed E-state index contributed by atoms with van der Waals surface area (Å²) in [5.74, 6) is -0.242. The summed E-state index contributed by atoms with van der Waals surface area (Å²) >= 11 is 11.8. The molecule has 1 aromatic carbocycles. The highest BCUT2D eigenvalue weighted by molar-refractivity contribution is 6.35. The molecule has 2 atom stereocenters. The molecule has 0 aromatic heterocycles. The molecule has 1 saturated heterocycles. The Morgan fingerprint density at radius 3 is 2.79 bits per heavy atom. The van der Waals surface area contributed by atoms with E-state index in [1.54, 1.807) is 12.1 Å². The van der Waals surface area contributed by atoms with Crippen molar-refractivity contribution in [3.05, 3.63) is 33.8 Å². The second kappa shape index (κ2) is 7.31. The molecule has 1 aliphatic rings. The van der Waals surface area contributed by atoms with Gasteiger partial charge in [-0.05, 0) is 18.2 Å². The van der Waals surface area contributed by atoms with E-state index in [0.29, 0.717) is 35.2 Å². The number of aliphatic hydroxyl groups excluding tert-OH is 1. The molecular formula is C12H15Cl3N2O2. The summed E-state index contributed by atoms with van der Waals surface area (Å²) in [6, 6.07) is 4.75. The van der Waals surface area contributed by atoms with E-state index in [0.717, 1.165) is 0 Å². The predicted octanol–water partition coefficient (Wildman–Crippen LogP) is 1.73. The average molecular weight is 326 g/mol. The molecule has 19 heavy (non-hydrogen) atoms. The molecule has 1 aromatic rings. The molecule has 0 radical (unpaired) electrons. The molecule has 2 rings (SSSR count). The number of carbonyl (C=O) groups excluding carboxylic acids is 1. The number of hydrogen-bond acceptors (Lipinski definition) is 3. The molecule has 1 amide bonds. The minimum absolute atomic E-state index is 0. The first-order valence-corrected chi connectivity index (χ1v) is 6.45. The topological polar surface area (TPSA) is 61.4 Å². The Bertz CT molecular complexity index is 457. The number of aliphatic hydroxyl groups is 1. The van der Waals surface area contributed by atoms with Gasteiger partial charge in [0.1, 0.15) is 0 Å². The molecule has 1 fully saturated rings. The van der Waals surface area contributed by atoms with Gasteiger partial charge in [0, 0.05) is 30.6 Å². The lowest BCUT2D eigenvalue weighted by molar-refractivity contribution is 0.0927. The third-order valence-electron chi connectivity index (χ3n) is 3.00. The van der Waals surface area contributed by atoms with Crippen LogP contribution in [0.3, 0.4) is 0 Å². The van der Waals surface area contributed by atoms with Gasteiger partial charge in [0.15, 0.2) is 0 Å². The number of rotatable bonds is 3.